The topological polar surface area (TPSA) is 71.5 Å². The van der Waals surface area contributed by atoms with Crippen LogP contribution >= 0.6 is 0 Å². The molecule has 1 aromatic heterocycles. The van der Waals surface area contributed by atoms with Gasteiger partial charge in [0.15, 0.2) is 0 Å². The van der Waals surface area contributed by atoms with E-state index < -0.39 is 0 Å². The predicted molar refractivity (Wildman–Crippen MR) is 81.2 cm³/mol. The van der Waals surface area contributed by atoms with Crippen molar-refractivity contribution in [1.82, 2.24) is 9.88 Å². The van der Waals surface area contributed by atoms with Gasteiger partial charge in [-0.3, -0.25) is 14.6 Å². The van der Waals surface area contributed by atoms with Crippen LogP contribution in [0.15, 0.2) is 18.3 Å². The van der Waals surface area contributed by atoms with Crippen LogP contribution in [0.4, 0.5) is 5.69 Å². The highest BCUT2D eigenvalue weighted by molar-refractivity contribution is 5.93. The molecular formula is C15H23N3O3. The Morgan fingerprint density at radius 3 is 2.62 bits per heavy atom. The molecule has 116 valence electrons. The van der Waals surface area contributed by atoms with E-state index in [4.69, 9.17) is 4.74 Å². The second-order valence-electron chi connectivity index (χ2n) is 4.39. The SMILES string of the molecule is CCOC(=O)CCNc1ccnc(C(=O)N(CC)CC)c1. The number of pyridine rings is 1. The third kappa shape index (κ3) is 5.41. The Hall–Kier alpha value is -2.11. The van der Waals surface area contributed by atoms with Crippen molar-refractivity contribution in [2.24, 2.45) is 0 Å². The molecule has 0 aliphatic rings. The first-order valence-electron chi connectivity index (χ1n) is 7.27. The van der Waals surface area contributed by atoms with E-state index in [0.29, 0.717) is 31.9 Å². The number of aromatic nitrogens is 1. The highest BCUT2D eigenvalue weighted by atomic mass is 16.5. The maximum Gasteiger partial charge on any atom is 0.307 e. The lowest BCUT2D eigenvalue weighted by Crippen LogP contribution is -2.31. The molecule has 21 heavy (non-hydrogen) atoms. The van der Waals surface area contributed by atoms with Gasteiger partial charge in [0.05, 0.1) is 13.0 Å². The molecule has 0 saturated carbocycles. The second-order valence-corrected chi connectivity index (χ2v) is 4.39. The van der Waals surface area contributed by atoms with E-state index in [1.165, 1.54) is 0 Å². The lowest BCUT2D eigenvalue weighted by molar-refractivity contribution is -0.142. The van der Waals surface area contributed by atoms with Crippen molar-refractivity contribution in [1.29, 1.82) is 0 Å². The quantitative estimate of drug-likeness (QED) is 0.742. The standard InChI is InChI=1S/C15H23N3O3/c1-4-18(5-2)15(20)13-11-12(7-9-17-13)16-10-8-14(19)21-6-3/h7,9,11H,4-6,8,10H2,1-3H3,(H,16,17). The number of carbonyl (C=O) groups excluding carboxylic acids is 2. The van der Waals surface area contributed by atoms with E-state index in [-0.39, 0.29) is 18.3 Å². The Labute approximate surface area is 125 Å². The Morgan fingerprint density at radius 2 is 2.00 bits per heavy atom. The average Bonchev–Trinajstić information content (AvgIpc) is 2.49. The molecule has 0 atom stereocenters. The van der Waals surface area contributed by atoms with Crippen molar-refractivity contribution in [2.45, 2.75) is 27.2 Å². The maximum atomic E-state index is 12.2. The minimum atomic E-state index is -0.238. The number of rotatable bonds is 8. The van der Waals surface area contributed by atoms with Crippen molar-refractivity contribution in [3.63, 3.8) is 0 Å². The molecule has 0 aliphatic heterocycles. The van der Waals surface area contributed by atoms with E-state index in [1.807, 2.05) is 13.8 Å². The summed E-state index contributed by atoms with van der Waals surface area (Å²) in [6.45, 7) is 7.79. The molecule has 6 nitrogen and oxygen atoms in total. The molecule has 0 fully saturated rings. The van der Waals surface area contributed by atoms with Crippen molar-refractivity contribution in [3.8, 4) is 0 Å². The number of anilines is 1. The van der Waals surface area contributed by atoms with Gasteiger partial charge in [-0.2, -0.15) is 0 Å². The Kier molecular flexibility index (Phi) is 7.21. The number of carbonyl (C=O) groups is 2. The van der Waals surface area contributed by atoms with Gasteiger partial charge in [-0.15, -0.1) is 0 Å². The smallest absolute Gasteiger partial charge is 0.307 e. The molecule has 1 amide bonds. The van der Waals surface area contributed by atoms with E-state index in [0.717, 1.165) is 5.69 Å². The molecule has 0 unspecified atom stereocenters. The monoisotopic (exact) mass is 293 g/mol. The highest BCUT2D eigenvalue weighted by Gasteiger charge is 2.14. The number of hydrogen-bond donors (Lipinski definition) is 1. The largest absolute Gasteiger partial charge is 0.466 e. The summed E-state index contributed by atoms with van der Waals surface area (Å²) in [4.78, 5) is 29.2. The summed E-state index contributed by atoms with van der Waals surface area (Å²) in [6, 6.07) is 3.47. The molecule has 1 heterocycles. The number of amides is 1. The summed E-state index contributed by atoms with van der Waals surface area (Å²) in [6.07, 6.45) is 1.87. The van der Waals surface area contributed by atoms with E-state index in [9.17, 15) is 9.59 Å². The van der Waals surface area contributed by atoms with Crippen LogP contribution in [-0.2, 0) is 9.53 Å². The molecule has 1 rings (SSSR count). The van der Waals surface area contributed by atoms with Gasteiger partial charge in [-0.25, -0.2) is 0 Å². The Balaban J connectivity index is 2.60. The average molecular weight is 293 g/mol. The van der Waals surface area contributed by atoms with Crippen LogP contribution in [-0.4, -0.2) is 48.0 Å². The van der Waals surface area contributed by atoms with Gasteiger partial charge in [0, 0.05) is 31.5 Å². The number of nitrogens with one attached hydrogen (secondary N) is 1. The van der Waals surface area contributed by atoms with Gasteiger partial charge < -0.3 is 15.0 Å². The van der Waals surface area contributed by atoms with Crippen molar-refractivity contribution in [2.75, 3.05) is 31.6 Å². The highest BCUT2D eigenvalue weighted by Crippen LogP contribution is 2.10. The fourth-order valence-corrected chi connectivity index (χ4v) is 1.87. The van der Waals surface area contributed by atoms with E-state index >= 15 is 0 Å². The van der Waals surface area contributed by atoms with Gasteiger partial charge in [0.25, 0.3) is 5.91 Å². The summed E-state index contributed by atoms with van der Waals surface area (Å²) >= 11 is 0. The van der Waals surface area contributed by atoms with Crippen LogP contribution in [0.3, 0.4) is 0 Å². The summed E-state index contributed by atoms with van der Waals surface area (Å²) < 4.78 is 4.85. The Bertz CT molecular complexity index is 473. The second kappa shape index (κ2) is 8.94. The molecule has 0 bridgehead atoms. The molecule has 6 heteroatoms. The van der Waals surface area contributed by atoms with Crippen LogP contribution in [0.25, 0.3) is 0 Å². The molecule has 0 saturated heterocycles. The van der Waals surface area contributed by atoms with Gasteiger partial charge >= 0.3 is 5.97 Å². The van der Waals surface area contributed by atoms with Crippen LogP contribution in [0.1, 0.15) is 37.7 Å². The van der Waals surface area contributed by atoms with Crippen molar-refractivity contribution < 1.29 is 14.3 Å². The molecule has 0 aliphatic carbocycles. The zero-order valence-electron chi connectivity index (χ0n) is 12.9. The predicted octanol–water partition coefficient (Wildman–Crippen LogP) is 1.93. The van der Waals surface area contributed by atoms with E-state index in [2.05, 4.69) is 10.3 Å². The van der Waals surface area contributed by atoms with Crippen LogP contribution < -0.4 is 5.32 Å². The van der Waals surface area contributed by atoms with Crippen LogP contribution in [0.2, 0.25) is 0 Å². The number of hydrogen-bond acceptors (Lipinski definition) is 5. The fraction of sp³-hybridized carbons (Fsp3) is 0.533. The number of nitrogens with zero attached hydrogens (tertiary/aromatic N) is 2. The first-order chi connectivity index (χ1) is 10.1. The summed E-state index contributed by atoms with van der Waals surface area (Å²) in [5.41, 5.74) is 1.17. The third-order valence-electron chi connectivity index (χ3n) is 2.99. The summed E-state index contributed by atoms with van der Waals surface area (Å²) in [5.74, 6) is -0.326. The molecule has 1 N–H and O–H groups in total. The van der Waals surface area contributed by atoms with Gasteiger partial charge in [0.1, 0.15) is 5.69 Å². The molecule has 1 aromatic rings. The fourth-order valence-electron chi connectivity index (χ4n) is 1.87. The van der Waals surface area contributed by atoms with Crippen molar-refractivity contribution >= 4 is 17.6 Å². The lowest BCUT2D eigenvalue weighted by atomic mass is 10.2. The van der Waals surface area contributed by atoms with Crippen LogP contribution in [0.5, 0.6) is 0 Å². The normalized spacial score (nSPS) is 10.0. The van der Waals surface area contributed by atoms with Gasteiger partial charge in [-0.05, 0) is 32.9 Å². The zero-order chi connectivity index (χ0) is 15.7. The molecule has 0 aromatic carbocycles. The number of esters is 1. The first-order valence-corrected chi connectivity index (χ1v) is 7.27. The Morgan fingerprint density at radius 1 is 1.29 bits per heavy atom. The maximum absolute atomic E-state index is 12.2. The first kappa shape index (κ1) is 16.9. The zero-order valence-corrected chi connectivity index (χ0v) is 12.9. The van der Waals surface area contributed by atoms with Gasteiger partial charge in [-0.1, -0.05) is 0 Å². The van der Waals surface area contributed by atoms with E-state index in [1.54, 1.807) is 30.2 Å². The minimum absolute atomic E-state index is 0.0888. The molecule has 0 radical (unpaired) electrons. The summed E-state index contributed by atoms with van der Waals surface area (Å²) in [7, 11) is 0. The van der Waals surface area contributed by atoms with Crippen molar-refractivity contribution in [3.05, 3.63) is 24.0 Å². The van der Waals surface area contributed by atoms with Gasteiger partial charge in [0.2, 0.25) is 0 Å². The minimum Gasteiger partial charge on any atom is -0.466 e. The lowest BCUT2D eigenvalue weighted by Gasteiger charge is -2.18. The molecule has 0 spiro atoms. The molecular weight excluding hydrogens is 270 g/mol. The summed E-state index contributed by atoms with van der Waals surface area (Å²) in [5, 5.41) is 3.09. The third-order valence-corrected chi connectivity index (χ3v) is 2.99. The number of ether oxygens (including phenoxy) is 1. The van der Waals surface area contributed by atoms with Crippen LogP contribution in [0, 0.1) is 0 Å².